The van der Waals surface area contributed by atoms with Crippen molar-refractivity contribution in [2.75, 3.05) is 6.54 Å². The Bertz CT molecular complexity index is 392. The quantitative estimate of drug-likeness (QED) is 0.859. The first-order chi connectivity index (χ1) is 8.96. The molecule has 0 saturated carbocycles. The van der Waals surface area contributed by atoms with E-state index >= 15 is 0 Å². The molecule has 1 aliphatic heterocycles. The van der Waals surface area contributed by atoms with Crippen LogP contribution in [0.2, 0.25) is 0 Å². The Labute approximate surface area is 116 Å². The van der Waals surface area contributed by atoms with Gasteiger partial charge in [0, 0.05) is 24.7 Å². The molecule has 1 fully saturated rings. The molecule has 108 valence electrons. The zero-order valence-electron chi connectivity index (χ0n) is 12.4. The molecule has 0 spiro atoms. The molecule has 19 heavy (non-hydrogen) atoms. The lowest BCUT2D eigenvalue weighted by Gasteiger charge is -2.31. The van der Waals surface area contributed by atoms with Crippen molar-refractivity contribution >= 4 is 0 Å². The average molecular weight is 265 g/mol. The zero-order valence-corrected chi connectivity index (χ0v) is 12.4. The van der Waals surface area contributed by atoms with Crippen LogP contribution in [0.4, 0.5) is 0 Å². The molecule has 2 unspecified atom stereocenters. The molecule has 0 amide bonds. The first-order valence-electron chi connectivity index (χ1n) is 7.46. The topological polar surface area (TPSA) is 50.1 Å². The molecule has 0 bridgehead atoms. The van der Waals surface area contributed by atoms with Gasteiger partial charge >= 0.3 is 0 Å². The number of hydrogen-bond donors (Lipinski definition) is 2. The lowest BCUT2D eigenvalue weighted by atomic mass is 9.88. The molecule has 4 heteroatoms. The second kappa shape index (κ2) is 6.06. The normalized spacial score (nSPS) is 23.5. The number of hydrogen-bond acceptors (Lipinski definition) is 3. The second-order valence-electron chi connectivity index (χ2n) is 6.41. The minimum Gasteiger partial charge on any atom is -0.390 e. The fourth-order valence-corrected chi connectivity index (χ4v) is 2.85. The average Bonchev–Trinajstić information content (AvgIpc) is 2.77. The zero-order chi connectivity index (χ0) is 13.9. The van der Waals surface area contributed by atoms with Crippen molar-refractivity contribution in [2.24, 2.45) is 0 Å². The summed E-state index contributed by atoms with van der Waals surface area (Å²) in [5, 5.41) is 18.6. The summed E-state index contributed by atoms with van der Waals surface area (Å²) in [5.74, 6) is 0. The molecule has 0 aromatic carbocycles. The van der Waals surface area contributed by atoms with Gasteiger partial charge in [0.15, 0.2) is 0 Å². The summed E-state index contributed by atoms with van der Waals surface area (Å²) in [7, 11) is 0. The predicted molar refractivity (Wildman–Crippen MR) is 77.2 cm³/mol. The number of rotatable bonds is 5. The lowest BCUT2D eigenvalue weighted by Crippen LogP contribution is -2.42. The monoisotopic (exact) mass is 265 g/mol. The standard InChI is InChI=1S/C15H27N3O/c1-12(2)18-9-7-14(17-18)11-15(3,19)10-13-6-4-5-8-16-13/h7,9,12-13,16,19H,4-6,8,10-11H2,1-3H3. The maximum absolute atomic E-state index is 10.6. The fourth-order valence-electron chi connectivity index (χ4n) is 2.85. The van der Waals surface area contributed by atoms with Crippen LogP contribution in [0.5, 0.6) is 0 Å². The first-order valence-corrected chi connectivity index (χ1v) is 7.46. The summed E-state index contributed by atoms with van der Waals surface area (Å²) >= 11 is 0. The van der Waals surface area contributed by atoms with Gasteiger partial charge in [-0.15, -0.1) is 0 Å². The summed E-state index contributed by atoms with van der Waals surface area (Å²) in [6.45, 7) is 7.24. The fraction of sp³-hybridized carbons (Fsp3) is 0.800. The summed E-state index contributed by atoms with van der Waals surface area (Å²) < 4.78 is 1.95. The Morgan fingerprint density at radius 3 is 2.89 bits per heavy atom. The van der Waals surface area contributed by atoms with Crippen molar-refractivity contribution in [3.63, 3.8) is 0 Å². The van der Waals surface area contributed by atoms with Crippen LogP contribution < -0.4 is 5.32 Å². The van der Waals surface area contributed by atoms with E-state index in [1.54, 1.807) is 0 Å². The van der Waals surface area contributed by atoms with Gasteiger partial charge in [0.25, 0.3) is 0 Å². The highest BCUT2D eigenvalue weighted by atomic mass is 16.3. The first kappa shape index (κ1) is 14.5. The second-order valence-corrected chi connectivity index (χ2v) is 6.41. The highest BCUT2D eigenvalue weighted by Crippen LogP contribution is 2.22. The van der Waals surface area contributed by atoms with Crippen LogP contribution >= 0.6 is 0 Å². The van der Waals surface area contributed by atoms with Crippen LogP contribution in [0.3, 0.4) is 0 Å². The number of nitrogens with one attached hydrogen (secondary N) is 1. The largest absolute Gasteiger partial charge is 0.390 e. The van der Waals surface area contributed by atoms with Gasteiger partial charge in [-0.3, -0.25) is 4.68 Å². The smallest absolute Gasteiger partial charge is 0.0690 e. The molecule has 2 atom stereocenters. The number of piperidine rings is 1. The molecular formula is C15H27N3O. The van der Waals surface area contributed by atoms with Crippen molar-refractivity contribution in [3.05, 3.63) is 18.0 Å². The molecule has 2 N–H and O–H groups in total. The summed E-state index contributed by atoms with van der Waals surface area (Å²) in [4.78, 5) is 0. The number of aliphatic hydroxyl groups is 1. The van der Waals surface area contributed by atoms with Crippen molar-refractivity contribution in [1.29, 1.82) is 0 Å². The van der Waals surface area contributed by atoms with Crippen molar-refractivity contribution in [3.8, 4) is 0 Å². The molecule has 4 nitrogen and oxygen atoms in total. The Hall–Kier alpha value is -0.870. The molecular weight excluding hydrogens is 238 g/mol. The minimum absolute atomic E-state index is 0.374. The van der Waals surface area contributed by atoms with Gasteiger partial charge in [-0.2, -0.15) is 5.10 Å². The van der Waals surface area contributed by atoms with E-state index in [0.717, 1.165) is 18.7 Å². The van der Waals surface area contributed by atoms with Crippen molar-refractivity contribution < 1.29 is 5.11 Å². The Morgan fingerprint density at radius 1 is 1.53 bits per heavy atom. The van der Waals surface area contributed by atoms with Crippen LogP contribution in [-0.2, 0) is 6.42 Å². The summed E-state index contributed by atoms with van der Waals surface area (Å²) in [6, 6.07) is 2.85. The van der Waals surface area contributed by atoms with Crippen LogP contribution in [0.1, 0.15) is 58.2 Å². The molecule has 1 saturated heterocycles. The molecule has 1 aromatic heterocycles. The van der Waals surface area contributed by atoms with Gasteiger partial charge in [0.1, 0.15) is 0 Å². The van der Waals surface area contributed by atoms with E-state index in [2.05, 4.69) is 24.3 Å². The third kappa shape index (κ3) is 4.32. The third-order valence-electron chi connectivity index (χ3n) is 3.85. The Balaban J connectivity index is 1.91. The maximum Gasteiger partial charge on any atom is 0.0690 e. The lowest BCUT2D eigenvalue weighted by molar-refractivity contribution is 0.0361. The van der Waals surface area contributed by atoms with Gasteiger partial charge < -0.3 is 10.4 Å². The van der Waals surface area contributed by atoms with E-state index in [9.17, 15) is 5.11 Å². The van der Waals surface area contributed by atoms with E-state index in [1.807, 2.05) is 23.9 Å². The van der Waals surface area contributed by atoms with Gasteiger partial charge in [0.2, 0.25) is 0 Å². The summed E-state index contributed by atoms with van der Waals surface area (Å²) in [6.07, 6.45) is 7.14. The van der Waals surface area contributed by atoms with Gasteiger partial charge in [-0.25, -0.2) is 0 Å². The Morgan fingerprint density at radius 2 is 2.32 bits per heavy atom. The molecule has 1 aliphatic rings. The van der Waals surface area contributed by atoms with E-state index in [4.69, 9.17) is 0 Å². The van der Waals surface area contributed by atoms with Crippen molar-refractivity contribution in [2.45, 2.75) is 70.6 Å². The molecule has 1 aromatic rings. The SMILES string of the molecule is CC(C)n1ccc(CC(C)(O)CC2CCCCN2)n1. The summed E-state index contributed by atoms with van der Waals surface area (Å²) in [5.41, 5.74) is 0.306. The van der Waals surface area contributed by atoms with Crippen LogP contribution in [-0.4, -0.2) is 33.1 Å². The van der Waals surface area contributed by atoms with E-state index < -0.39 is 5.60 Å². The van der Waals surface area contributed by atoms with E-state index in [0.29, 0.717) is 18.5 Å². The maximum atomic E-state index is 10.6. The van der Waals surface area contributed by atoms with Crippen LogP contribution in [0.25, 0.3) is 0 Å². The van der Waals surface area contributed by atoms with Crippen molar-refractivity contribution in [1.82, 2.24) is 15.1 Å². The van der Waals surface area contributed by atoms with E-state index in [1.165, 1.54) is 19.3 Å². The van der Waals surface area contributed by atoms with Gasteiger partial charge in [0.05, 0.1) is 11.3 Å². The predicted octanol–water partition coefficient (Wildman–Crippen LogP) is 2.29. The minimum atomic E-state index is -0.675. The molecule has 2 heterocycles. The molecule has 0 aliphatic carbocycles. The number of nitrogens with zero attached hydrogens (tertiary/aromatic N) is 2. The highest BCUT2D eigenvalue weighted by Gasteiger charge is 2.27. The van der Waals surface area contributed by atoms with Crippen LogP contribution in [0.15, 0.2) is 12.3 Å². The third-order valence-corrected chi connectivity index (χ3v) is 3.85. The highest BCUT2D eigenvalue weighted by molar-refractivity contribution is 5.04. The molecule has 0 radical (unpaired) electrons. The van der Waals surface area contributed by atoms with Crippen LogP contribution in [0, 0.1) is 0 Å². The Kier molecular flexibility index (Phi) is 4.63. The number of aromatic nitrogens is 2. The molecule has 2 rings (SSSR count). The van der Waals surface area contributed by atoms with E-state index in [-0.39, 0.29) is 0 Å². The van der Waals surface area contributed by atoms with Gasteiger partial charge in [-0.1, -0.05) is 6.42 Å². The van der Waals surface area contributed by atoms with Gasteiger partial charge in [-0.05, 0) is 52.6 Å².